The third kappa shape index (κ3) is 3.91. The standard InChI is InChI=1S/C7H14ClNO4/c8-2-1-6(13)9-7(3-10,4-11)5-12/h10-12H,1-5H2,(H,9,13). The number of aliphatic hydroxyl groups is 3. The minimum atomic E-state index is -1.34. The monoisotopic (exact) mass is 211 g/mol. The molecule has 0 saturated heterocycles. The molecule has 0 rings (SSSR count). The maximum Gasteiger partial charge on any atom is 0.221 e. The molecule has 0 unspecified atom stereocenters. The summed E-state index contributed by atoms with van der Waals surface area (Å²) in [7, 11) is 0. The number of carbonyl (C=O) groups is 1. The molecule has 0 aromatic heterocycles. The minimum Gasteiger partial charge on any atom is -0.394 e. The van der Waals surface area contributed by atoms with E-state index in [9.17, 15) is 4.79 Å². The molecule has 0 heterocycles. The Labute approximate surface area is 81.3 Å². The van der Waals surface area contributed by atoms with E-state index in [0.29, 0.717) is 0 Å². The van der Waals surface area contributed by atoms with Crippen LogP contribution >= 0.6 is 11.6 Å². The second-order valence-electron chi connectivity index (χ2n) is 2.74. The molecule has 0 aromatic rings. The van der Waals surface area contributed by atoms with E-state index < -0.39 is 31.3 Å². The highest BCUT2D eigenvalue weighted by atomic mass is 35.5. The van der Waals surface area contributed by atoms with Gasteiger partial charge in [-0.1, -0.05) is 0 Å². The van der Waals surface area contributed by atoms with Crippen LogP contribution in [0.3, 0.4) is 0 Å². The highest BCUT2D eigenvalue weighted by Gasteiger charge is 2.29. The van der Waals surface area contributed by atoms with Crippen LogP contribution in [0.1, 0.15) is 6.42 Å². The van der Waals surface area contributed by atoms with Gasteiger partial charge in [0.1, 0.15) is 5.54 Å². The van der Waals surface area contributed by atoms with Crippen molar-refractivity contribution in [2.24, 2.45) is 0 Å². The first-order chi connectivity index (χ1) is 6.14. The molecule has 0 aromatic carbocycles. The van der Waals surface area contributed by atoms with Gasteiger partial charge < -0.3 is 20.6 Å². The van der Waals surface area contributed by atoms with Crippen LogP contribution in [0, 0.1) is 0 Å². The fraction of sp³-hybridized carbons (Fsp3) is 0.857. The van der Waals surface area contributed by atoms with Crippen LogP contribution in [-0.2, 0) is 4.79 Å². The van der Waals surface area contributed by atoms with Gasteiger partial charge in [0.15, 0.2) is 0 Å². The van der Waals surface area contributed by atoms with Crippen LogP contribution in [0.15, 0.2) is 0 Å². The second kappa shape index (κ2) is 6.15. The third-order valence-corrected chi connectivity index (χ3v) is 1.82. The predicted octanol–water partition coefficient (Wildman–Crippen LogP) is -1.55. The molecule has 1 amide bonds. The number of hydrogen-bond donors (Lipinski definition) is 4. The lowest BCUT2D eigenvalue weighted by Gasteiger charge is -2.28. The Morgan fingerprint density at radius 1 is 1.23 bits per heavy atom. The minimum absolute atomic E-state index is 0.0866. The van der Waals surface area contributed by atoms with Crippen molar-refractivity contribution < 1.29 is 20.1 Å². The lowest BCUT2D eigenvalue weighted by molar-refractivity contribution is -0.125. The van der Waals surface area contributed by atoms with Crippen molar-refractivity contribution in [1.29, 1.82) is 0 Å². The Hall–Kier alpha value is -0.360. The highest BCUT2D eigenvalue weighted by molar-refractivity contribution is 6.18. The number of amides is 1. The highest BCUT2D eigenvalue weighted by Crippen LogP contribution is 2.02. The van der Waals surface area contributed by atoms with Gasteiger partial charge in [-0.3, -0.25) is 4.79 Å². The van der Waals surface area contributed by atoms with Crippen molar-refractivity contribution in [2.75, 3.05) is 25.7 Å². The predicted molar refractivity (Wildman–Crippen MR) is 47.5 cm³/mol. The fourth-order valence-electron chi connectivity index (χ4n) is 0.713. The molecular formula is C7H14ClNO4. The summed E-state index contributed by atoms with van der Waals surface area (Å²) in [5, 5.41) is 28.8. The van der Waals surface area contributed by atoms with Crippen molar-refractivity contribution in [3.8, 4) is 0 Å². The zero-order chi connectivity index (χ0) is 10.3. The molecule has 6 heteroatoms. The molecule has 0 spiro atoms. The van der Waals surface area contributed by atoms with E-state index >= 15 is 0 Å². The topological polar surface area (TPSA) is 89.8 Å². The smallest absolute Gasteiger partial charge is 0.221 e. The van der Waals surface area contributed by atoms with Crippen LogP contribution in [-0.4, -0.2) is 52.5 Å². The van der Waals surface area contributed by atoms with Crippen molar-refractivity contribution in [1.82, 2.24) is 5.32 Å². The summed E-state index contributed by atoms with van der Waals surface area (Å²) in [5.74, 6) is -0.253. The largest absolute Gasteiger partial charge is 0.394 e. The van der Waals surface area contributed by atoms with Crippen LogP contribution in [0.4, 0.5) is 0 Å². The molecule has 0 bridgehead atoms. The Bertz CT molecular complexity index is 152. The summed E-state index contributed by atoms with van der Waals surface area (Å²) >= 11 is 5.31. The van der Waals surface area contributed by atoms with Gasteiger partial charge in [-0.25, -0.2) is 0 Å². The lowest BCUT2D eigenvalue weighted by atomic mass is 10.0. The van der Waals surface area contributed by atoms with E-state index in [1.165, 1.54) is 0 Å². The summed E-state index contributed by atoms with van der Waals surface area (Å²) in [6.07, 6.45) is 0.0866. The van der Waals surface area contributed by atoms with E-state index in [2.05, 4.69) is 5.32 Å². The first kappa shape index (κ1) is 12.6. The van der Waals surface area contributed by atoms with Gasteiger partial charge in [0, 0.05) is 12.3 Å². The summed E-state index contributed by atoms with van der Waals surface area (Å²) in [5.41, 5.74) is -1.34. The van der Waals surface area contributed by atoms with Gasteiger partial charge in [0.2, 0.25) is 5.91 Å². The molecule has 0 aliphatic rings. The van der Waals surface area contributed by atoms with Crippen LogP contribution in [0.5, 0.6) is 0 Å². The van der Waals surface area contributed by atoms with Crippen molar-refractivity contribution >= 4 is 17.5 Å². The van der Waals surface area contributed by atoms with Gasteiger partial charge in [-0.2, -0.15) is 0 Å². The normalized spacial score (nSPS) is 11.4. The summed E-state index contributed by atoms with van der Waals surface area (Å²) in [6.45, 7) is -1.56. The van der Waals surface area contributed by atoms with Gasteiger partial charge in [-0.05, 0) is 0 Å². The molecule has 13 heavy (non-hydrogen) atoms. The van der Waals surface area contributed by atoms with Crippen molar-refractivity contribution in [2.45, 2.75) is 12.0 Å². The van der Waals surface area contributed by atoms with E-state index in [1.807, 2.05) is 0 Å². The molecule has 4 N–H and O–H groups in total. The van der Waals surface area contributed by atoms with E-state index in [-0.39, 0.29) is 12.3 Å². The molecule has 78 valence electrons. The average molecular weight is 212 g/mol. The Balaban J connectivity index is 4.16. The molecule has 0 fully saturated rings. The first-order valence-electron chi connectivity index (χ1n) is 3.83. The second-order valence-corrected chi connectivity index (χ2v) is 3.12. The van der Waals surface area contributed by atoms with Gasteiger partial charge in [-0.15, -0.1) is 11.6 Å². The average Bonchev–Trinajstić information content (AvgIpc) is 2.15. The van der Waals surface area contributed by atoms with E-state index in [1.54, 1.807) is 0 Å². The third-order valence-electron chi connectivity index (χ3n) is 1.63. The lowest BCUT2D eigenvalue weighted by Crippen LogP contribution is -2.57. The number of carbonyl (C=O) groups excluding carboxylic acids is 1. The number of alkyl halides is 1. The van der Waals surface area contributed by atoms with Crippen LogP contribution < -0.4 is 5.32 Å². The van der Waals surface area contributed by atoms with Crippen LogP contribution in [0.2, 0.25) is 0 Å². The molecule has 0 aliphatic carbocycles. The summed E-state index contributed by atoms with van der Waals surface area (Å²) in [4.78, 5) is 11.0. The number of rotatable bonds is 6. The molecule has 5 nitrogen and oxygen atoms in total. The Morgan fingerprint density at radius 2 is 1.69 bits per heavy atom. The summed E-state index contributed by atoms with van der Waals surface area (Å²) < 4.78 is 0. The number of nitrogens with one attached hydrogen (secondary N) is 1. The zero-order valence-corrected chi connectivity index (χ0v) is 7.92. The Kier molecular flexibility index (Phi) is 5.98. The number of halogens is 1. The molecule has 0 aliphatic heterocycles. The summed E-state index contributed by atoms with van der Waals surface area (Å²) in [6, 6.07) is 0. The fourth-order valence-corrected chi connectivity index (χ4v) is 0.884. The van der Waals surface area contributed by atoms with Crippen LogP contribution in [0.25, 0.3) is 0 Å². The Morgan fingerprint density at radius 3 is 2.00 bits per heavy atom. The molecular weight excluding hydrogens is 198 g/mol. The quantitative estimate of drug-likeness (QED) is 0.401. The maximum atomic E-state index is 11.0. The zero-order valence-electron chi connectivity index (χ0n) is 7.16. The number of hydrogen-bond acceptors (Lipinski definition) is 4. The van der Waals surface area contributed by atoms with Crippen molar-refractivity contribution in [3.05, 3.63) is 0 Å². The number of aliphatic hydroxyl groups excluding tert-OH is 3. The van der Waals surface area contributed by atoms with Gasteiger partial charge in [0.05, 0.1) is 19.8 Å². The maximum absolute atomic E-state index is 11.0. The SMILES string of the molecule is O=C(CCCl)NC(CO)(CO)CO. The van der Waals surface area contributed by atoms with Gasteiger partial charge in [0.25, 0.3) is 0 Å². The van der Waals surface area contributed by atoms with Crippen molar-refractivity contribution in [3.63, 3.8) is 0 Å². The first-order valence-corrected chi connectivity index (χ1v) is 4.37. The van der Waals surface area contributed by atoms with Gasteiger partial charge >= 0.3 is 0 Å². The molecule has 0 radical (unpaired) electrons. The van der Waals surface area contributed by atoms with E-state index in [0.717, 1.165) is 0 Å². The van der Waals surface area contributed by atoms with E-state index in [4.69, 9.17) is 26.9 Å². The molecule has 0 saturated carbocycles. The molecule has 0 atom stereocenters.